The molecule has 1 aromatic rings. The molecule has 0 bridgehead atoms. The first-order chi connectivity index (χ1) is 15.1. The number of esters is 1. The third-order valence-electron chi connectivity index (χ3n) is 4.73. The molecule has 0 fully saturated rings. The van der Waals surface area contributed by atoms with E-state index in [2.05, 4.69) is 8.92 Å². The van der Waals surface area contributed by atoms with Crippen LogP contribution in [0.4, 0.5) is 26.3 Å². The standard InChI is InChI=1S/C19H16F6O7S/c1-8(4-6-12(26)27)3-5-10-13(15(20)17(21)22)9(2)11-7-31-18(28)14(11)16(10)32-33(29,30)19(23,24)25/h3H,4-7H2,1-2H3,(H,26,27)/b8-3+. The first-order valence-electron chi connectivity index (χ1n) is 9.03. The van der Waals surface area contributed by atoms with Gasteiger partial charge in [-0.25, -0.2) is 9.18 Å². The fraction of sp³-hybridized carbons (Fsp3) is 0.368. The predicted molar refractivity (Wildman–Crippen MR) is 100 cm³/mol. The molecule has 0 saturated carbocycles. The van der Waals surface area contributed by atoms with Gasteiger partial charge in [-0.1, -0.05) is 11.6 Å². The Morgan fingerprint density at radius 3 is 2.33 bits per heavy atom. The van der Waals surface area contributed by atoms with Gasteiger partial charge in [-0.05, 0) is 32.3 Å². The molecule has 1 N–H and O–H groups in total. The Morgan fingerprint density at radius 2 is 1.82 bits per heavy atom. The first kappa shape index (κ1) is 26.2. The van der Waals surface area contributed by atoms with Crippen LogP contribution in [0.25, 0.3) is 5.83 Å². The van der Waals surface area contributed by atoms with Crippen LogP contribution in [0.5, 0.6) is 5.75 Å². The SMILES string of the molecule is C/C(=C\Cc1c(OS(=O)(=O)C(F)(F)F)c2c(c(C)c1C(F)=C(F)F)COC2=O)CCC(=O)O. The average molecular weight is 502 g/mol. The van der Waals surface area contributed by atoms with Gasteiger partial charge in [0.1, 0.15) is 12.2 Å². The Morgan fingerprint density at radius 1 is 1.21 bits per heavy atom. The van der Waals surface area contributed by atoms with Crippen molar-refractivity contribution in [2.24, 2.45) is 0 Å². The minimum Gasteiger partial charge on any atom is -0.481 e. The van der Waals surface area contributed by atoms with Gasteiger partial charge in [0.05, 0.1) is 0 Å². The fourth-order valence-corrected chi connectivity index (χ4v) is 3.59. The summed E-state index contributed by atoms with van der Waals surface area (Å²) in [7, 11) is -6.39. The molecule has 1 aliphatic heterocycles. The van der Waals surface area contributed by atoms with Gasteiger partial charge in [0.15, 0.2) is 11.6 Å². The lowest BCUT2D eigenvalue weighted by molar-refractivity contribution is -0.136. The van der Waals surface area contributed by atoms with Crippen molar-refractivity contribution in [2.45, 2.75) is 45.2 Å². The average Bonchev–Trinajstić information content (AvgIpc) is 3.07. The van der Waals surface area contributed by atoms with Crippen molar-refractivity contribution in [2.75, 3.05) is 0 Å². The van der Waals surface area contributed by atoms with E-state index in [9.17, 15) is 44.3 Å². The lowest BCUT2D eigenvalue weighted by atomic mass is 9.89. The summed E-state index contributed by atoms with van der Waals surface area (Å²) < 4.78 is 112. The topological polar surface area (TPSA) is 107 Å². The second-order valence-electron chi connectivity index (χ2n) is 6.94. The van der Waals surface area contributed by atoms with E-state index in [1.807, 2.05) is 0 Å². The van der Waals surface area contributed by atoms with Crippen molar-refractivity contribution in [1.29, 1.82) is 0 Å². The molecule has 182 valence electrons. The number of rotatable bonds is 8. The molecule has 1 aliphatic rings. The van der Waals surface area contributed by atoms with Crippen LogP contribution >= 0.6 is 0 Å². The number of allylic oxidation sites excluding steroid dienone is 2. The van der Waals surface area contributed by atoms with E-state index in [-0.39, 0.29) is 24.0 Å². The van der Waals surface area contributed by atoms with Crippen LogP contribution in [0.1, 0.15) is 52.4 Å². The molecule has 1 aromatic carbocycles. The zero-order chi connectivity index (χ0) is 25.3. The highest BCUT2D eigenvalue weighted by Gasteiger charge is 2.50. The maximum atomic E-state index is 14.4. The molecular weight excluding hydrogens is 486 g/mol. The van der Waals surface area contributed by atoms with Crippen molar-refractivity contribution in [3.8, 4) is 5.75 Å². The van der Waals surface area contributed by atoms with E-state index in [0.717, 1.165) is 6.92 Å². The fourth-order valence-electron chi connectivity index (χ4n) is 3.09. The highest BCUT2D eigenvalue weighted by atomic mass is 32.2. The molecule has 0 aromatic heterocycles. The number of halogens is 6. The van der Waals surface area contributed by atoms with E-state index < -0.39 is 74.9 Å². The number of benzene rings is 1. The van der Waals surface area contributed by atoms with Crippen LogP contribution in [-0.2, 0) is 32.7 Å². The number of hydrogen-bond donors (Lipinski definition) is 1. The number of fused-ring (bicyclic) bond motifs is 1. The van der Waals surface area contributed by atoms with Crippen LogP contribution < -0.4 is 4.18 Å². The smallest absolute Gasteiger partial charge is 0.481 e. The molecule has 2 rings (SSSR count). The Balaban J connectivity index is 2.85. The minimum atomic E-state index is -6.39. The van der Waals surface area contributed by atoms with Crippen LogP contribution in [-0.4, -0.2) is 31.0 Å². The van der Waals surface area contributed by atoms with Crippen molar-refractivity contribution in [3.63, 3.8) is 0 Å². The maximum Gasteiger partial charge on any atom is 0.534 e. The highest BCUT2D eigenvalue weighted by Crippen LogP contribution is 2.44. The summed E-state index contributed by atoms with van der Waals surface area (Å²) in [6, 6.07) is 0. The zero-order valence-corrected chi connectivity index (χ0v) is 17.8. The predicted octanol–water partition coefficient (Wildman–Crippen LogP) is 4.78. The molecule has 7 nitrogen and oxygen atoms in total. The van der Waals surface area contributed by atoms with Gasteiger partial charge in [-0.2, -0.15) is 30.4 Å². The Hall–Kier alpha value is -3.03. The Bertz CT molecular complexity index is 1160. The second kappa shape index (κ2) is 9.45. The summed E-state index contributed by atoms with van der Waals surface area (Å²) in [5.74, 6) is -5.90. The van der Waals surface area contributed by atoms with Gasteiger partial charge in [0, 0.05) is 23.1 Å². The summed E-state index contributed by atoms with van der Waals surface area (Å²) in [5.41, 5.74) is -8.72. The highest BCUT2D eigenvalue weighted by molar-refractivity contribution is 7.88. The summed E-state index contributed by atoms with van der Waals surface area (Å²) in [6.07, 6.45) is -2.73. The first-order valence-corrected chi connectivity index (χ1v) is 10.4. The third-order valence-corrected chi connectivity index (χ3v) is 5.69. The molecule has 0 spiro atoms. The van der Waals surface area contributed by atoms with E-state index in [1.165, 1.54) is 13.0 Å². The van der Waals surface area contributed by atoms with Crippen LogP contribution in [0.2, 0.25) is 0 Å². The summed E-state index contributed by atoms with van der Waals surface area (Å²) in [4.78, 5) is 22.8. The normalized spacial score (nSPS) is 14.1. The molecule has 14 heteroatoms. The van der Waals surface area contributed by atoms with Crippen molar-refractivity contribution < 1.29 is 58.4 Å². The second-order valence-corrected chi connectivity index (χ2v) is 8.48. The molecule has 0 amide bonds. The molecule has 0 saturated heterocycles. The number of cyclic esters (lactones) is 1. The number of carboxylic acid groups (broad SMARTS) is 1. The van der Waals surface area contributed by atoms with Gasteiger partial charge >= 0.3 is 33.6 Å². The Labute approximate surface area is 183 Å². The van der Waals surface area contributed by atoms with Gasteiger partial charge < -0.3 is 14.0 Å². The largest absolute Gasteiger partial charge is 0.534 e. The lowest BCUT2D eigenvalue weighted by Gasteiger charge is -2.19. The van der Waals surface area contributed by atoms with Crippen LogP contribution in [0.3, 0.4) is 0 Å². The number of carbonyl (C=O) groups excluding carboxylic acids is 1. The maximum absolute atomic E-state index is 14.4. The molecule has 0 atom stereocenters. The Kier molecular flexibility index (Phi) is 7.51. The molecule has 0 aliphatic carbocycles. The van der Waals surface area contributed by atoms with Gasteiger partial charge in [0.2, 0.25) is 0 Å². The third kappa shape index (κ3) is 5.49. The zero-order valence-electron chi connectivity index (χ0n) is 17.0. The van der Waals surface area contributed by atoms with Gasteiger partial charge in [0.25, 0.3) is 0 Å². The van der Waals surface area contributed by atoms with Crippen LogP contribution in [0.15, 0.2) is 17.7 Å². The van der Waals surface area contributed by atoms with Crippen molar-refractivity contribution >= 4 is 27.9 Å². The number of carbonyl (C=O) groups is 2. The molecular formula is C19H16F6O7S. The van der Waals surface area contributed by atoms with E-state index in [1.54, 1.807) is 0 Å². The van der Waals surface area contributed by atoms with E-state index >= 15 is 0 Å². The monoisotopic (exact) mass is 502 g/mol. The number of ether oxygens (including phenoxy) is 1. The minimum absolute atomic E-state index is 0.0521. The van der Waals surface area contributed by atoms with Gasteiger partial charge in [-0.3, -0.25) is 4.79 Å². The van der Waals surface area contributed by atoms with Crippen molar-refractivity contribution in [1.82, 2.24) is 0 Å². The van der Waals surface area contributed by atoms with Crippen LogP contribution in [0, 0.1) is 6.92 Å². The molecule has 1 heterocycles. The molecule has 0 unspecified atom stereocenters. The van der Waals surface area contributed by atoms with Gasteiger partial charge in [-0.15, -0.1) is 0 Å². The van der Waals surface area contributed by atoms with E-state index in [0.29, 0.717) is 5.57 Å². The summed E-state index contributed by atoms with van der Waals surface area (Å²) >= 11 is 0. The molecule has 0 radical (unpaired) electrons. The van der Waals surface area contributed by atoms with E-state index in [4.69, 9.17) is 5.11 Å². The van der Waals surface area contributed by atoms with Crippen molar-refractivity contribution in [3.05, 3.63) is 45.5 Å². The quantitative estimate of drug-likeness (QED) is 0.179. The number of alkyl halides is 3. The lowest BCUT2D eigenvalue weighted by Crippen LogP contribution is -2.29. The number of aliphatic carboxylic acids is 1. The number of hydrogen-bond acceptors (Lipinski definition) is 6. The number of carboxylic acids is 1. The summed E-state index contributed by atoms with van der Waals surface area (Å²) in [6.45, 7) is 1.88. The summed E-state index contributed by atoms with van der Waals surface area (Å²) in [5, 5.41) is 8.73. The molecule has 33 heavy (non-hydrogen) atoms.